The van der Waals surface area contributed by atoms with Crippen LogP contribution in [0.5, 0.6) is 0 Å². The fourth-order valence-electron chi connectivity index (χ4n) is 1.53. The van der Waals surface area contributed by atoms with Crippen LogP contribution >= 0.6 is 24.2 Å². The molecule has 0 saturated carbocycles. The van der Waals surface area contributed by atoms with E-state index in [0.717, 1.165) is 12.3 Å². The van der Waals surface area contributed by atoms with Crippen molar-refractivity contribution < 1.29 is 0 Å². The summed E-state index contributed by atoms with van der Waals surface area (Å²) in [5.74, 6) is 0.738. The van der Waals surface area contributed by atoms with Crippen molar-refractivity contribution in [3.63, 3.8) is 0 Å². The maximum absolute atomic E-state index is 6.13. The standard InChI is InChI=1S/C13H21NS.ClH/c1-10(2)4-9-13(14)11-5-7-12(15-3)8-6-11;/h5-8,10,13H,4,9,14H2,1-3H3;1H/t13-;/m0./s1. The Hall–Kier alpha value is -0.180. The van der Waals surface area contributed by atoms with Gasteiger partial charge in [-0.3, -0.25) is 0 Å². The lowest BCUT2D eigenvalue weighted by atomic mass is 9.98. The van der Waals surface area contributed by atoms with Crippen LogP contribution in [0.25, 0.3) is 0 Å². The van der Waals surface area contributed by atoms with Gasteiger partial charge in [0.1, 0.15) is 0 Å². The molecule has 0 aliphatic heterocycles. The first-order valence-electron chi connectivity index (χ1n) is 5.53. The zero-order valence-corrected chi connectivity index (χ0v) is 11.9. The van der Waals surface area contributed by atoms with Gasteiger partial charge in [0.2, 0.25) is 0 Å². The van der Waals surface area contributed by atoms with Crippen molar-refractivity contribution in [1.82, 2.24) is 0 Å². The molecule has 0 aromatic heterocycles. The van der Waals surface area contributed by atoms with Crippen LogP contribution in [0.1, 0.15) is 38.3 Å². The van der Waals surface area contributed by atoms with Crippen LogP contribution in [0, 0.1) is 5.92 Å². The summed E-state index contributed by atoms with van der Waals surface area (Å²) in [7, 11) is 0. The van der Waals surface area contributed by atoms with E-state index in [0.29, 0.717) is 0 Å². The van der Waals surface area contributed by atoms with E-state index in [1.54, 1.807) is 11.8 Å². The number of halogens is 1. The highest BCUT2D eigenvalue weighted by atomic mass is 35.5. The topological polar surface area (TPSA) is 26.0 Å². The number of nitrogens with two attached hydrogens (primary N) is 1. The lowest BCUT2D eigenvalue weighted by Gasteiger charge is -2.13. The van der Waals surface area contributed by atoms with Crippen LogP contribution in [0.15, 0.2) is 29.2 Å². The Bertz CT molecular complexity index is 284. The minimum atomic E-state index is 0. The Kier molecular flexibility index (Phi) is 7.90. The SMILES string of the molecule is CSc1ccc([C@@H](N)CCC(C)C)cc1.Cl. The van der Waals surface area contributed by atoms with E-state index in [9.17, 15) is 0 Å². The molecule has 0 aliphatic carbocycles. The second kappa shape index (κ2) is 7.99. The molecule has 2 N–H and O–H groups in total. The summed E-state index contributed by atoms with van der Waals surface area (Å²) in [5.41, 5.74) is 7.39. The fourth-order valence-corrected chi connectivity index (χ4v) is 1.94. The average molecular weight is 260 g/mol. The van der Waals surface area contributed by atoms with Gasteiger partial charge in [-0.2, -0.15) is 0 Å². The van der Waals surface area contributed by atoms with Crippen LogP contribution < -0.4 is 5.73 Å². The normalized spacial score (nSPS) is 12.3. The van der Waals surface area contributed by atoms with Gasteiger partial charge >= 0.3 is 0 Å². The molecule has 1 aromatic carbocycles. The third-order valence-electron chi connectivity index (χ3n) is 2.60. The van der Waals surface area contributed by atoms with Gasteiger partial charge in [-0.15, -0.1) is 24.2 Å². The maximum Gasteiger partial charge on any atom is 0.0294 e. The molecule has 0 heterocycles. The van der Waals surface area contributed by atoms with Crippen molar-refractivity contribution in [1.29, 1.82) is 0 Å². The molecule has 0 radical (unpaired) electrons. The first-order valence-corrected chi connectivity index (χ1v) is 6.75. The number of benzene rings is 1. The van der Waals surface area contributed by atoms with Gasteiger partial charge in [-0.05, 0) is 42.7 Å². The maximum atomic E-state index is 6.13. The van der Waals surface area contributed by atoms with Gasteiger partial charge in [-0.25, -0.2) is 0 Å². The molecule has 0 spiro atoms. The summed E-state index contributed by atoms with van der Waals surface area (Å²) in [6.07, 6.45) is 4.37. The van der Waals surface area contributed by atoms with E-state index < -0.39 is 0 Å². The number of hydrogen-bond donors (Lipinski definition) is 1. The molecule has 1 aromatic rings. The summed E-state index contributed by atoms with van der Waals surface area (Å²) < 4.78 is 0. The van der Waals surface area contributed by atoms with Crippen LogP contribution in [-0.2, 0) is 0 Å². The van der Waals surface area contributed by atoms with Crippen LogP contribution in [0.3, 0.4) is 0 Å². The average Bonchev–Trinajstić information content (AvgIpc) is 2.26. The zero-order valence-electron chi connectivity index (χ0n) is 10.3. The van der Waals surface area contributed by atoms with Crippen LogP contribution in [0.2, 0.25) is 0 Å². The quantitative estimate of drug-likeness (QED) is 0.800. The molecule has 1 atom stereocenters. The first-order chi connectivity index (χ1) is 7.13. The fraction of sp³-hybridized carbons (Fsp3) is 0.538. The summed E-state index contributed by atoms with van der Waals surface area (Å²) >= 11 is 1.77. The zero-order chi connectivity index (χ0) is 11.3. The van der Waals surface area contributed by atoms with Crippen molar-refractivity contribution in [3.05, 3.63) is 29.8 Å². The van der Waals surface area contributed by atoms with E-state index >= 15 is 0 Å². The van der Waals surface area contributed by atoms with Gasteiger partial charge in [0.05, 0.1) is 0 Å². The lowest BCUT2D eigenvalue weighted by Crippen LogP contribution is -2.11. The predicted octanol–water partition coefficient (Wildman–Crippen LogP) is 4.27. The number of rotatable bonds is 5. The molecular formula is C13H22ClNS. The van der Waals surface area contributed by atoms with Gasteiger partial charge in [0.25, 0.3) is 0 Å². The highest BCUT2D eigenvalue weighted by Crippen LogP contribution is 2.21. The van der Waals surface area contributed by atoms with E-state index in [1.165, 1.54) is 16.9 Å². The van der Waals surface area contributed by atoms with Gasteiger partial charge in [-0.1, -0.05) is 26.0 Å². The minimum absolute atomic E-state index is 0. The number of hydrogen-bond acceptors (Lipinski definition) is 2. The molecule has 16 heavy (non-hydrogen) atoms. The van der Waals surface area contributed by atoms with E-state index in [4.69, 9.17) is 5.73 Å². The molecule has 0 fully saturated rings. The Morgan fingerprint density at radius 2 is 1.69 bits per heavy atom. The third kappa shape index (κ3) is 5.24. The third-order valence-corrected chi connectivity index (χ3v) is 3.34. The van der Waals surface area contributed by atoms with E-state index in [1.807, 2.05) is 0 Å². The predicted molar refractivity (Wildman–Crippen MR) is 76.5 cm³/mol. The molecule has 1 nitrogen and oxygen atoms in total. The van der Waals surface area contributed by atoms with Crippen molar-refractivity contribution in [2.45, 2.75) is 37.6 Å². The van der Waals surface area contributed by atoms with Crippen molar-refractivity contribution in [2.75, 3.05) is 6.26 Å². The molecule has 92 valence electrons. The Morgan fingerprint density at radius 3 is 2.12 bits per heavy atom. The highest BCUT2D eigenvalue weighted by Gasteiger charge is 2.06. The Balaban J connectivity index is 0.00000225. The lowest BCUT2D eigenvalue weighted by molar-refractivity contribution is 0.507. The van der Waals surface area contributed by atoms with Crippen molar-refractivity contribution >= 4 is 24.2 Å². The molecule has 0 unspecified atom stereocenters. The van der Waals surface area contributed by atoms with E-state index in [2.05, 4.69) is 44.4 Å². The van der Waals surface area contributed by atoms with Crippen LogP contribution in [-0.4, -0.2) is 6.26 Å². The molecule has 0 saturated heterocycles. The molecule has 1 rings (SSSR count). The smallest absolute Gasteiger partial charge is 0.0294 e. The van der Waals surface area contributed by atoms with E-state index in [-0.39, 0.29) is 18.4 Å². The first kappa shape index (κ1) is 15.8. The second-order valence-corrected chi connectivity index (χ2v) is 5.23. The second-order valence-electron chi connectivity index (χ2n) is 4.35. The van der Waals surface area contributed by atoms with Crippen LogP contribution in [0.4, 0.5) is 0 Å². The molecule has 0 bridgehead atoms. The Morgan fingerprint density at radius 1 is 1.12 bits per heavy atom. The summed E-state index contributed by atoms with van der Waals surface area (Å²) in [4.78, 5) is 1.30. The largest absolute Gasteiger partial charge is 0.324 e. The summed E-state index contributed by atoms with van der Waals surface area (Å²) in [6.45, 7) is 4.48. The molecule has 3 heteroatoms. The monoisotopic (exact) mass is 259 g/mol. The Labute approximate surface area is 110 Å². The molecule has 0 amide bonds. The summed E-state index contributed by atoms with van der Waals surface area (Å²) in [6, 6.07) is 8.79. The van der Waals surface area contributed by atoms with Gasteiger partial charge in [0.15, 0.2) is 0 Å². The number of thioether (sulfide) groups is 1. The molecular weight excluding hydrogens is 238 g/mol. The summed E-state index contributed by atoms with van der Waals surface area (Å²) in [5, 5.41) is 0. The van der Waals surface area contributed by atoms with Gasteiger partial charge < -0.3 is 5.73 Å². The molecule has 0 aliphatic rings. The van der Waals surface area contributed by atoms with Crippen molar-refractivity contribution in [3.8, 4) is 0 Å². The van der Waals surface area contributed by atoms with Gasteiger partial charge in [0, 0.05) is 10.9 Å². The highest BCUT2D eigenvalue weighted by molar-refractivity contribution is 7.98. The minimum Gasteiger partial charge on any atom is -0.324 e. The van der Waals surface area contributed by atoms with Crippen molar-refractivity contribution in [2.24, 2.45) is 11.7 Å².